The third-order valence-electron chi connectivity index (χ3n) is 4.24. The summed E-state index contributed by atoms with van der Waals surface area (Å²) in [6, 6.07) is 10.4. The second-order valence-electron chi connectivity index (χ2n) is 6.03. The largest absolute Gasteiger partial charge is 0.385 e. The van der Waals surface area contributed by atoms with Crippen molar-refractivity contribution in [3.05, 3.63) is 42.7 Å². The molecule has 0 unspecified atom stereocenters. The molecule has 24 heavy (non-hydrogen) atoms. The van der Waals surface area contributed by atoms with Gasteiger partial charge in [0.25, 0.3) is 0 Å². The Labute approximate surface area is 141 Å². The topological polar surface area (TPSA) is 66.3 Å². The Morgan fingerprint density at radius 3 is 2.75 bits per heavy atom. The number of rotatable bonds is 0. The predicted octanol–water partition coefficient (Wildman–Crippen LogP) is 2.60. The van der Waals surface area contributed by atoms with Crippen molar-refractivity contribution >= 4 is 17.2 Å². The van der Waals surface area contributed by atoms with Gasteiger partial charge >= 0.3 is 0 Å². The third-order valence-corrected chi connectivity index (χ3v) is 4.24. The highest BCUT2D eigenvalue weighted by Gasteiger charge is 2.10. The first-order valence-corrected chi connectivity index (χ1v) is 8.53. The molecule has 3 aromatic rings. The van der Waals surface area contributed by atoms with Crippen LogP contribution in [-0.4, -0.2) is 40.8 Å². The molecule has 4 bridgehead atoms. The fourth-order valence-electron chi connectivity index (χ4n) is 2.97. The fourth-order valence-corrected chi connectivity index (χ4v) is 2.97. The minimum atomic E-state index is 0.877. The van der Waals surface area contributed by atoms with Crippen LogP contribution in [0, 0.1) is 0 Å². The third kappa shape index (κ3) is 3.19. The minimum Gasteiger partial charge on any atom is -0.385 e. The summed E-state index contributed by atoms with van der Waals surface area (Å²) < 4.78 is 1.82. The number of aromatic nitrogens is 3. The molecule has 0 radical (unpaired) electrons. The number of nitrogens with zero attached hydrogens (tertiary/aromatic N) is 3. The van der Waals surface area contributed by atoms with Gasteiger partial charge in [0.1, 0.15) is 5.82 Å². The van der Waals surface area contributed by atoms with Crippen molar-refractivity contribution < 1.29 is 0 Å². The van der Waals surface area contributed by atoms with Crippen LogP contribution in [0.4, 0.5) is 11.5 Å². The Bertz CT molecular complexity index is 825. The van der Waals surface area contributed by atoms with Crippen LogP contribution in [0.2, 0.25) is 0 Å². The van der Waals surface area contributed by atoms with E-state index in [-0.39, 0.29) is 0 Å². The molecule has 0 saturated heterocycles. The van der Waals surface area contributed by atoms with E-state index in [0.29, 0.717) is 0 Å². The fraction of sp³-hybridized carbons (Fsp3) is 0.333. The van der Waals surface area contributed by atoms with E-state index in [1.54, 1.807) is 0 Å². The zero-order valence-corrected chi connectivity index (χ0v) is 13.6. The Morgan fingerprint density at radius 1 is 0.958 bits per heavy atom. The van der Waals surface area contributed by atoms with Gasteiger partial charge in [-0.05, 0) is 49.7 Å². The molecular weight excluding hydrogens is 300 g/mol. The van der Waals surface area contributed by atoms with Crippen LogP contribution in [0.25, 0.3) is 16.8 Å². The summed E-state index contributed by atoms with van der Waals surface area (Å²) in [6.45, 7) is 3.92. The standard InChI is InChI=1S/C18H22N6/c1-4-14-12-15(5-1)20-9-2-7-19-8-3-10-21-17-6-11-24-18(23-17)16(14)13-22-24/h1,4-6,11-13,19-20H,2-3,7-10H2,(H,21,23). The maximum absolute atomic E-state index is 4.75. The van der Waals surface area contributed by atoms with Gasteiger partial charge in [-0.3, -0.25) is 0 Å². The first kappa shape index (κ1) is 15.0. The molecule has 0 atom stereocenters. The van der Waals surface area contributed by atoms with Crippen molar-refractivity contribution in [1.82, 2.24) is 19.9 Å². The van der Waals surface area contributed by atoms with E-state index in [2.05, 4.69) is 45.3 Å². The SMILES string of the molecule is c1cc2cc(c1)-c1cnn3ccc(nc13)NCCCNCCCN2. The number of benzene rings is 1. The smallest absolute Gasteiger partial charge is 0.165 e. The quantitative estimate of drug-likeness (QED) is 0.594. The van der Waals surface area contributed by atoms with Gasteiger partial charge in [0, 0.05) is 30.5 Å². The highest BCUT2D eigenvalue weighted by atomic mass is 15.2. The minimum absolute atomic E-state index is 0.877. The van der Waals surface area contributed by atoms with Crippen LogP contribution in [0.1, 0.15) is 12.8 Å². The van der Waals surface area contributed by atoms with E-state index >= 15 is 0 Å². The number of nitrogens with one attached hydrogen (secondary N) is 3. The Kier molecular flexibility index (Phi) is 4.29. The van der Waals surface area contributed by atoms with Gasteiger partial charge in [-0.25, -0.2) is 9.50 Å². The Balaban J connectivity index is 1.73. The first-order chi connectivity index (χ1) is 11.9. The molecule has 2 aromatic heterocycles. The summed E-state index contributed by atoms with van der Waals surface area (Å²) in [4.78, 5) is 4.75. The average Bonchev–Trinajstić information content (AvgIpc) is 3.03. The van der Waals surface area contributed by atoms with E-state index in [9.17, 15) is 0 Å². The maximum Gasteiger partial charge on any atom is 0.165 e. The zero-order chi connectivity index (χ0) is 16.2. The number of anilines is 2. The lowest BCUT2D eigenvalue weighted by molar-refractivity contribution is 0.642. The molecule has 1 aromatic carbocycles. The van der Waals surface area contributed by atoms with Crippen LogP contribution in [0.5, 0.6) is 0 Å². The number of hydrogen-bond donors (Lipinski definition) is 3. The molecule has 1 aliphatic heterocycles. The normalized spacial score (nSPS) is 15.8. The van der Waals surface area contributed by atoms with Gasteiger partial charge in [0.2, 0.25) is 0 Å². The lowest BCUT2D eigenvalue weighted by Gasteiger charge is -2.11. The molecule has 0 spiro atoms. The summed E-state index contributed by atoms with van der Waals surface area (Å²) >= 11 is 0. The van der Waals surface area contributed by atoms with Crippen molar-refractivity contribution in [3.63, 3.8) is 0 Å². The molecule has 6 heteroatoms. The van der Waals surface area contributed by atoms with Crippen LogP contribution < -0.4 is 16.0 Å². The Hall–Kier alpha value is -2.60. The van der Waals surface area contributed by atoms with E-state index < -0.39 is 0 Å². The summed E-state index contributed by atoms with van der Waals surface area (Å²) in [5.41, 5.74) is 4.19. The molecule has 0 fully saturated rings. The summed E-state index contributed by atoms with van der Waals surface area (Å²) in [5, 5.41) is 14.8. The van der Waals surface area contributed by atoms with Gasteiger partial charge in [-0.2, -0.15) is 5.10 Å². The highest BCUT2D eigenvalue weighted by molar-refractivity contribution is 5.79. The van der Waals surface area contributed by atoms with Crippen LogP contribution in [0.15, 0.2) is 42.7 Å². The van der Waals surface area contributed by atoms with Crippen molar-refractivity contribution in [2.24, 2.45) is 0 Å². The highest BCUT2D eigenvalue weighted by Crippen LogP contribution is 2.26. The summed E-state index contributed by atoms with van der Waals surface area (Å²) in [6.07, 6.45) is 6.03. The van der Waals surface area contributed by atoms with E-state index in [1.165, 1.54) is 0 Å². The molecule has 0 amide bonds. The van der Waals surface area contributed by atoms with Gasteiger partial charge in [-0.15, -0.1) is 0 Å². The van der Waals surface area contributed by atoms with Crippen molar-refractivity contribution in [1.29, 1.82) is 0 Å². The van der Waals surface area contributed by atoms with Crippen molar-refractivity contribution in [2.75, 3.05) is 36.8 Å². The molecule has 1 aliphatic rings. The monoisotopic (exact) mass is 322 g/mol. The van der Waals surface area contributed by atoms with Gasteiger partial charge < -0.3 is 16.0 Å². The van der Waals surface area contributed by atoms with E-state index in [0.717, 1.165) is 67.3 Å². The van der Waals surface area contributed by atoms with E-state index in [4.69, 9.17) is 4.98 Å². The maximum atomic E-state index is 4.75. The number of fused-ring (bicyclic) bond motifs is 4. The Morgan fingerprint density at radius 2 is 1.83 bits per heavy atom. The van der Waals surface area contributed by atoms with Gasteiger partial charge in [0.15, 0.2) is 5.65 Å². The van der Waals surface area contributed by atoms with Crippen LogP contribution in [0.3, 0.4) is 0 Å². The second kappa shape index (κ2) is 6.88. The first-order valence-electron chi connectivity index (χ1n) is 8.53. The van der Waals surface area contributed by atoms with Crippen molar-refractivity contribution in [3.8, 4) is 11.1 Å². The zero-order valence-electron chi connectivity index (χ0n) is 13.6. The predicted molar refractivity (Wildman–Crippen MR) is 97.5 cm³/mol. The second-order valence-corrected chi connectivity index (χ2v) is 6.03. The van der Waals surface area contributed by atoms with Crippen LogP contribution in [-0.2, 0) is 0 Å². The van der Waals surface area contributed by atoms with E-state index in [1.807, 2.05) is 23.0 Å². The molecule has 3 N–H and O–H groups in total. The lowest BCUT2D eigenvalue weighted by Crippen LogP contribution is -2.21. The molecule has 124 valence electrons. The summed E-state index contributed by atoms with van der Waals surface area (Å²) in [5.74, 6) is 0.894. The molecule has 0 aliphatic carbocycles. The van der Waals surface area contributed by atoms with Gasteiger partial charge in [-0.1, -0.05) is 12.1 Å². The molecule has 4 rings (SSSR count). The summed E-state index contributed by atoms with van der Waals surface area (Å²) in [7, 11) is 0. The number of hydrogen-bond acceptors (Lipinski definition) is 5. The van der Waals surface area contributed by atoms with Crippen LogP contribution >= 0.6 is 0 Å². The molecule has 0 saturated carbocycles. The average molecular weight is 322 g/mol. The molecular formula is C18H22N6. The van der Waals surface area contributed by atoms with Gasteiger partial charge in [0.05, 0.1) is 6.20 Å². The van der Waals surface area contributed by atoms with Crippen molar-refractivity contribution in [2.45, 2.75) is 12.8 Å². The molecule has 6 nitrogen and oxygen atoms in total. The lowest BCUT2D eigenvalue weighted by atomic mass is 10.1. The molecule has 3 heterocycles.